The Hall–Kier alpha value is -0.560. The third-order valence-electron chi connectivity index (χ3n) is 1.76. The first-order chi connectivity index (χ1) is 5.33. The molecule has 0 fully saturated rings. The fourth-order valence-electron chi connectivity index (χ4n) is 1.09. The van der Waals surface area contributed by atoms with Crippen molar-refractivity contribution in [3.05, 3.63) is 29.6 Å². The van der Waals surface area contributed by atoms with Crippen molar-refractivity contribution in [2.75, 3.05) is 0 Å². The third-order valence-corrected chi connectivity index (χ3v) is 1.76. The molecule has 0 aliphatic carbocycles. The van der Waals surface area contributed by atoms with E-state index in [9.17, 15) is 0 Å². The average molecular weight is 186 g/mol. The van der Waals surface area contributed by atoms with E-state index in [0.29, 0.717) is 0 Å². The number of halogens is 1. The van der Waals surface area contributed by atoms with E-state index in [1.165, 1.54) is 24.1 Å². The van der Waals surface area contributed by atoms with Crippen LogP contribution in [0.2, 0.25) is 0 Å². The average Bonchev–Trinajstić information content (AvgIpc) is 2.01. The van der Waals surface area contributed by atoms with Gasteiger partial charge in [0, 0.05) is 11.9 Å². The number of unbranched alkanes of at least 4 members (excludes halogenated alkanes) is 1. The van der Waals surface area contributed by atoms with Gasteiger partial charge in [0.25, 0.3) is 0 Å². The van der Waals surface area contributed by atoms with E-state index < -0.39 is 0 Å². The fraction of sp³-hybridized carbons (Fsp3) is 0.500. The minimum Gasteiger partial charge on any atom is -0.261 e. The van der Waals surface area contributed by atoms with Gasteiger partial charge in [0.15, 0.2) is 0 Å². The van der Waals surface area contributed by atoms with E-state index in [0.717, 1.165) is 6.42 Å². The lowest BCUT2D eigenvalue weighted by Gasteiger charge is -1.98. The molecule has 0 amide bonds. The number of nitrogens with zero attached hydrogens (tertiary/aromatic N) is 1. The minimum absolute atomic E-state index is 0. The monoisotopic (exact) mass is 185 g/mol. The largest absolute Gasteiger partial charge is 0.261 e. The summed E-state index contributed by atoms with van der Waals surface area (Å²) in [4.78, 5) is 4.28. The Morgan fingerprint density at radius 1 is 1.42 bits per heavy atom. The molecular formula is C10H16ClN. The van der Waals surface area contributed by atoms with Crippen LogP contribution in [0.15, 0.2) is 18.3 Å². The van der Waals surface area contributed by atoms with Crippen molar-refractivity contribution in [1.82, 2.24) is 4.98 Å². The van der Waals surface area contributed by atoms with Crippen molar-refractivity contribution >= 4 is 12.4 Å². The second-order valence-electron chi connectivity index (χ2n) is 2.93. The predicted molar refractivity (Wildman–Crippen MR) is 54.8 cm³/mol. The fourth-order valence-corrected chi connectivity index (χ4v) is 1.09. The summed E-state index contributed by atoms with van der Waals surface area (Å²) in [6, 6.07) is 4.20. The molecule has 12 heavy (non-hydrogen) atoms. The van der Waals surface area contributed by atoms with Crippen LogP contribution in [0, 0.1) is 6.92 Å². The molecular weight excluding hydrogens is 170 g/mol. The number of hydrogen-bond donors (Lipinski definition) is 0. The zero-order valence-corrected chi connectivity index (χ0v) is 8.53. The van der Waals surface area contributed by atoms with Crippen molar-refractivity contribution in [2.24, 2.45) is 0 Å². The van der Waals surface area contributed by atoms with E-state index in [1.807, 2.05) is 12.3 Å². The lowest BCUT2D eigenvalue weighted by molar-refractivity contribution is 0.776. The number of aryl methyl sites for hydroxylation is 2. The second kappa shape index (κ2) is 6.01. The van der Waals surface area contributed by atoms with Gasteiger partial charge in [-0.1, -0.05) is 13.3 Å². The lowest BCUT2D eigenvalue weighted by atomic mass is 10.1. The highest BCUT2D eigenvalue weighted by Gasteiger charge is 1.92. The highest BCUT2D eigenvalue weighted by atomic mass is 35.5. The van der Waals surface area contributed by atoms with Crippen molar-refractivity contribution < 1.29 is 0 Å². The van der Waals surface area contributed by atoms with Crippen molar-refractivity contribution in [2.45, 2.75) is 33.1 Å². The second-order valence-corrected chi connectivity index (χ2v) is 2.93. The van der Waals surface area contributed by atoms with Crippen LogP contribution in [-0.2, 0) is 6.42 Å². The van der Waals surface area contributed by atoms with E-state index in [1.54, 1.807) is 0 Å². The van der Waals surface area contributed by atoms with Crippen LogP contribution in [0.25, 0.3) is 0 Å². The maximum absolute atomic E-state index is 4.28. The molecule has 1 aromatic rings. The molecule has 0 saturated carbocycles. The summed E-state index contributed by atoms with van der Waals surface area (Å²) >= 11 is 0. The summed E-state index contributed by atoms with van der Waals surface area (Å²) in [5.41, 5.74) is 2.54. The number of pyridine rings is 1. The third kappa shape index (κ3) is 3.72. The molecule has 0 spiro atoms. The first-order valence-corrected chi connectivity index (χ1v) is 4.24. The molecule has 2 heteroatoms. The molecule has 0 saturated heterocycles. The van der Waals surface area contributed by atoms with Crippen molar-refractivity contribution in [3.63, 3.8) is 0 Å². The van der Waals surface area contributed by atoms with E-state index in [2.05, 4.69) is 24.9 Å². The predicted octanol–water partition coefficient (Wildman–Crippen LogP) is 3.15. The normalized spacial score (nSPS) is 9.17. The number of aromatic nitrogens is 1. The van der Waals surface area contributed by atoms with Crippen LogP contribution in [0.3, 0.4) is 0 Å². The molecule has 1 rings (SSSR count). The van der Waals surface area contributed by atoms with Gasteiger partial charge >= 0.3 is 0 Å². The lowest BCUT2D eigenvalue weighted by Crippen LogP contribution is -1.89. The van der Waals surface area contributed by atoms with Gasteiger partial charge in [0.05, 0.1) is 0 Å². The van der Waals surface area contributed by atoms with Crippen LogP contribution in [0.4, 0.5) is 0 Å². The van der Waals surface area contributed by atoms with Crippen molar-refractivity contribution in [1.29, 1.82) is 0 Å². The minimum atomic E-state index is 0. The van der Waals surface area contributed by atoms with Crippen LogP contribution in [0.1, 0.15) is 31.0 Å². The Bertz CT molecular complexity index is 223. The SMILES string of the molecule is CCCCc1cc(C)ccn1.Cl. The molecule has 0 radical (unpaired) electrons. The summed E-state index contributed by atoms with van der Waals surface area (Å²) in [7, 11) is 0. The van der Waals surface area contributed by atoms with Gasteiger partial charge in [0.2, 0.25) is 0 Å². The Kier molecular flexibility index (Phi) is 5.73. The highest BCUT2D eigenvalue weighted by Crippen LogP contribution is 2.03. The Balaban J connectivity index is 0.00000121. The zero-order chi connectivity index (χ0) is 8.10. The summed E-state index contributed by atoms with van der Waals surface area (Å²) in [6.07, 6.45) is 5.50. The molecule has 0 bridgehead atoms. The topological polar surface area (TPSA) is 12.9 Å². The molecule has 1 heterocycles. The standard InChI is InChI=1S/C10H15N.ClH/c1-3-4-5-10-8-9(2)6-7-11-10;/h6-8H,3-5H2,1-2H3;1H. The molecule has 68 valence electrons. The summed E-state index contributed by atoms with van der Waals surface area (Å²) in [5.74, 6) is 0. The van der Waals surface area contributed by atoms with E-state index in [-0.39, 0.29) is 12.4 Å². The van der Waals surface area contributed by atoms with Gasteiger partial charge in [0.1, 0.15) is 0 Å². The Labute approximate surface area is 80.6 Å². The maximum atomic E-state index is 4.28. The Morgan fingerprint density at radius 2 is 2.17 bits per heavy atom. The van der Waals surface area contributed by atoms with Crippen LogP contribution in [-0.4, -0.2) is 4.98 Å². The van der Waals surface area contributed by atoms with Crippen LogP contribution in [0.5, 0.6) is 0 Å². The zero-order valence-electron chi connectivity index (χ0n) is 7.71. The Morgan fingerprint density at radius 3 is 2.75 bits per heavy atom. The van der Waals surface area contributed by atoms with E-state index in [4.69, 9.17) is 0 Å². The van der Waals surface area contributed by atoms with Crippen LogP contribution >= 0.6 is 12.4 Å². The highest BCUT2D eigenvalue weighted by molar-refractivity contribution is 5.85. The van der Waals surface area contributed by atoms with Gasteiger partial charge in [-0.15, -0.1) is 12.4 Å². The maximum Gasteiger partial charge on any atom is 0.0406 e. The molecule has 0 aliphatic heterocycles. The van der Waals surface area contributed by atoms with Crippen molar-refractivity contribution in [3.8, 4) is 0 Å². The molecule has 0 N–H and O–H groups in total. The van der Waals surface area contributed by atoms with E-state index >= 15 is 0 Å². The molecule has 1 nitrogen and oxygen atoms in total. The number of hydrogen-bond acceptors (Lipinski definition) is 1. The summed E-state index contributed by atoms with van der Waals surface area (Å²) in [6.45, 7) is 4.31. The van der Waals surface area contributed by atoms with Gasteiger partial charge in [-0.25, -0.2) is 0 Å². The summed E-state index contributed by atoms with van der Waals surface area (Å²) in [5, 5.41) is 0. The quantitative estimate of drug-likeness (QED) is 0.705. The summed E-state index contributed by atoms with van der Waals surface area (Å²) < 4.78 is 0. The molecule has 0 unspecified atom stereocenters. The van der Waals surface area contributed by atoms with Gasteiger partial charge < -0.3 is 0 Å². The molecule has 0 aliphatic rings. The molecule has 0 aromatic carbocycles. The molecule has 1 aromatic heterocycles. The first-order valence-electron chi connectivity index (χ1n) is 4.24. The van der Waals surface area contributed by atoms with Gasteiger partial charge in [-0.3, -0.25) is 4.98 Å². The van der Waals surface area contributed by atoms with Gasteiger partial charge in [-0.2, -0.15) is 0 Å². The molecule has 0 atom stereocenters. The van der Waals surface area contributed by atoms with Crippen LogP contribution < -0.4 is 0 Å². The van der Waals surface area contributed by atoms with Gasteiger partial charge in [-0.05, 0) is 37.5 Å². The number of rotatable bonds is 3. The smallest absolute Gasteiger partial charge is 0.0406 e. The first kappa shape index (κ1) is 11.4.